The maximum absolute atomic E-state index is 13.1. The normalized spacial score (nSPS) is 19.9. The second kappa shape index (κ2) is 7.46. The number of nitrogens with zero attached hydrogens (tertiary/aromatic N) is 5. The Morgan fingerprint density at radius 1 is 1.07 bits per heavy atom. The fourth-order valence-electron chi connectivity index (χ4n) is 3.71. The molecule has 0 unspecified atom stereocenters. The average molecular weight is 408 g/mol. The van der Waals surface area contributed by atoms with Crippen molar-refractivity contribution in [2.75, 3.05) is 44.2 Å². The third-order valence-electron chi connectivity index (χ3n) is 5.63. The Morgan fingerprint density at radius 3 is 2.29 bits per heavy atom. The van der Waals surface area contributed by atoms with E-state index in [1.165, 1.54) is 16.4 Å². The van der Waals surface area contributed by atoms with Crippen molar-refractivity contribution >= 4 is 15.7 Å². The van der Waals surface area contributed by atoms with Crippen molar-refractivity contribution in [1.29, 1.82) is 0 Å². The maximum atomic E-state index is 13.1. The number of piperazine rings is 1. The summed E-state index contributed by atoms with van der Waals surface area (Å²) in [6, 6.07) is 7.00. The predicted octanol–water partition coefficient (Wildman–Crippen LogP) is 1.80. The first-order valence-corrected chi connectivity index (χ1v) is 11.1. The van der Waals surface area contributed by atoms with Gasteiger partial charge in [-0.1, -0.05) is 0 Å². The van der Waals surface area contributed by atoms with Gasteiger partial charge in [-0.2, -0.15) is 4.31 Å². The first kappa shape index (κ1) is 19.4. The van der Waals surface area contributed by atoms with Gasteiger partial charge in [0, 0.05) is 63.2 Å². The molecule has 9 heteroatoms. The van der Waals surface area contributed by atoms with Gasteiger partial charge < -0.3 is 9.47 Å². The van der Waals surface area contributed by atoms with Gasteiger partial charge in [0.25, 0.3) is 10.0 Å². The van der Waals surface area contributed by atoms with Crippen LogP contribution in [0.2, 0.25) is 0 Å². The van der Waals surface area contributed by atoms with E-state index in [2.05, 4.69) is 14.8 Å². The molecule has 28 heavy (non-hydrogen) atoms. The van der Waals surface area contributed by atoms with Crippen LogP contribution in [0, 0.1) is 5.82 Å². The molecular weight excluding hydrogens is 381 g/mol. The molecule has 0 amide bonds. The lowest BCUT2D eigenvalue weighted by molar-refractivity contribution is 0.0827. The molecule has 152 valence electrons. The SMILES string of the molecule is CC(C)n1cnc(S(=O)(=O)N2CC(N3CCN(c4ccc(F)cc4)CC3)C2)c1. The fourth-order valence-corrected chi connectivity index (χ4v) is 5.14. The van der Waals surface area contributed by atoms with E-state index in [0.29, 0.717) is 13.1 Å². The number of benzene rings is 1. The highest BCUT2D eigenvalue weighted by atomic mass is 32.2. The Hall–Kier alpha value is -1.97. The van der Waals surface area contributed by atoms with Gasteiger partial charge in [0.15, 0.2) is 5.03 Å². The molecule has 0 N–H and O–H groups in total. The Kier molecular flexibility index (Phi) is 5.15. The smallest absolute Gasteiger partial charge is 0.262 e. The number of rotatable bonds is 5. The summed E-state index contributed by atoms with van der Waals surface area (Å²) >= 11 is 0. The lowest BCUT2D eigenvalue weighted by atomic mass is 10.1. The van der Waals surface area contributed by atoms with Crippen LogP contribution < -0.4 is 4.90 Å². The van der Waals surface area contributed by atoms with Crippen LogP contribution in [0.3, 0.4) is 0 Å². The number of imidazole rings is 1. The molecule has 0 bridgehead atoms. The summed E-state index contributed by atoms with van der Waals surface area (Å²) in [5.74, 6) is -0.226. The first-order valence-electron chi connectivity index (χ1n) is 9.63. The van der Waals surface area contributed by atoms with E-state index in [1.54, 1.807) is 29.2 Å². The zero-order valence-corrected chi connectivity index (χ0v) is 17.0. The molecule has 3 heterocycles. The minimum Gasteiger partial charge on any atom is -0.369 e. The van der Waals surface area contributed by atoms with Gasteiger partial charge in [-0.25, -0.2) is 17.8 Å². The van der Waals surface area contributed by atoms with Gasteiger partial charge >= 0.3 is 0 Å². The van der Waals surface area contributed by atoms with Gasteiger partial charge in [-0.05, 0) is 38.1 Å². The topological polar surface area (TPSA) is 61.7 Å². The molecule has 2 aliphatic heterocycles. The van der Waals surface area contributed by atoms with Crippen molar-refractivity contribution in [2.24, 2.45) is 0 Å². The zero-order chi connectivity index (χ0) is 19.9. The Morgan fingerprint density at radius 2 is 1.71 bits per heavy atom. The predicted molar refractivity (Wildman–Crippen MR) is 105 cm³/mol. The van der Waals surface area contributed by atoms with Crippen LogP contribution in [-0.4, -0.2) is 72.5 Å². The highest BCUT2D eigenvalue weighted by Crippen LogP contribution is 2.26. The number of aromatic nitrogens is 2. The van der Waals surface area contributed by atoms with Gasteiger partial charge in [-0.15, -0.1) is 0 Å². The quantitative estimate of drug-likeness (QED) is 0.756. The van der Waals surface area contributed by atoms with Crippen molar-refractivity contribution in [2.45, 2.75) is 31.0 Å². The largest absolute Gasteiger partial charge is 0.369 e. The van der Waals surface area contributed by atoms with E-state index in [4.69, 9.17) is 0 Å². The minimum atomic E-state index is -3.52. The standard InChI is InChI=1S/C19H26FN5O2S/c1-15(2)24-13-19(21-14-24)28(26,27)25-11-18(12-25)23-9-7-22(8-10-23)17-5-3-16(20)4-6-17/h3-6,13-15,18H,7-12H2,1-2H3. The zero-order valence-electron chi connectivity index (χ0n) is 16.2. The summed E-state index contributed by atoms with van der Waals surface area (Å²) in [4.78, 5) is 8.67. The molecule has 2 fully saturated rings. The molecule has 2 aliphatic rings. The van der Waals surface area contributed by atoms with Crippen molar-refractivity contribution in [3.05, 3.63) is 42.6 Å². The monoisotopic (exact) mass is 407 g/mol. The number of sulfonamides is 1. The van der Waals surface area contributed by atoms with Gasteiger partial charge in [-0.3, -0.25) is 4.90 Å². The Balaban J connectivity index is 1.31. The van der Waals surface area contributed by atoms with Crippen molar-refractivity contribution in [3.8, 4) is 0 Å². The molecule has 0 radical (unpaired) electrons. The van der Waals surface area contributed by atoms with E-state index >= 15 is 0 Å². The molecular formula is C19H26FN5O2S. The van der Waals surface area contributed by atoms with Crippen molar-refractivity contribution in [1.82, 2.24) is 18.8 Å². The van der Waals surface area contributed by atoms with E-state index in [1.807, 2.05) is 13.8 Å². The third kappa shape index (κ3) is 3.66. The van der Waals surface area contributed by atoms with E-state index in [0.717, 1.165) is 31.9 Å². The summed E-state index contributed by atoms with van der Waals surface area (Å²) in [6.45, 7) is 8.45. The Labute approximate surface area is 165 Å². The molecule has 2 saturated heterocycles. The van der Waals surface area contributed by atoms with Crippen molar-refractivity contribution in [3.63, 3.8) is 0 Å². The third-order valence-corrected chi connectivity index (χ3v) is 7.35. The van der Waals surface area contributed by atoms with Crippen LogP contribution >= 0.6 is 0 Å². The molecule has 1 aromatic heterocycles. The summed E-state index contributed by atoms with van der Waals surface area (Å²) in [6.07, 6.45) is 3.18. The van der Waals surface area contributed by atoms with Crippen LogP contribution in [0.1, 0.15) is 19.9 Å². The first-order chi connectivity index (χ1) is 13.3. The summed E-state index contributed by atoms with van der Waals surface area (Å²) in [5, 5.41) is 0.126. The second-order valence-electron chi connectivity index (χ2n) is 7.73. The lowest BCUT2D eigenvalue weighted by Crippen LogP contribution is -2.64. The second-order valence-corrected chi connectivity index (χ2v) is 9.61. The fraction of sp³-hybridized carbons (Fsp3) is 0.526. The maximum Gasteiger partial charge on any atom is 0.262 e. The van der Waals surface area contributed by atoms with Crippen LogP contribution in [0.15, 0.2) is 41.8 Å². The summed E-state index contributed by atoms with van der Waals surface area (Å²) in [5.41, 5.74) is 1.03. The highest BCUT2D eigenvalue weighted by Gasteiger charge is 2.41. The highest BCUT2D eigenvalue weighted by molar-refractivity contribution is 7.89. The van der Waals surface area contributed by atoms with Gasteiger partial charge in [0.2, 0.25) is 0 Å². The van der Waals surface area contributed by atoms with Gasteiger partial charge in [0.1, 0.15) is 5.82 Å². The summed E-state index contributed by atoms with van der Waals surface area (Å²) < 4.78 is 41.9. The molecule has 0 spiro atoms. The molecule has 0 saturated carbocycles. The number of anilines is 1. The van der Waals surface area contributed by atoms with Crippen LogP contribution in [0.4, 0.5) is 10.1 Å². The molecule has 4 rings (SSSR count). The number of hydrogen-bond acceptors (Lipinski definition) is 5. The molecule has 7 nitrogen and oxygen atoms in total. The average Bonchev–Trinajstić information content (AvgIpc) is 3.13. The van der Waals surface area contributed by atoms with Crippen LogP contribution in [0.25, 0.3) is 0 Å². The van der Waals surface area contributed by atoms with E-state index < -0.39 is 10.0 Å². The van der Waals surface area contributed by atoms with Gasteiger partial charge in [0.05, 0.1) is 6.33 Å². The molecule has 2 aromatic rings. The van der Waals surface area contributed by atoms with Crippen molar-refractivity contribution < 1.29 is 12.8 Å². The number of hydrogen-bond donors (Lipinski definition) is 0. The molecule has 1 aromatic carbocycles. The lowest BCUT2D eigenvalue weighted by Gasteiger charge is -2.47. The van der Waals surface area contributed by atoms with E-state index in [9.17, 15) is 12.8 Å². The van der Waals surface area contributed by atoms with E-state index in [-0.39, 0.29) is 22.9 Å². The minimum absolute atomic E-state index is 0.126. The molecule has 0 aliphatic carbocycles. The summed E-state index contributed by atoms with van der Waals surface area (Å²) in [7, 11) is -3.52. The number of halogens is 1. The Bertz CT molecular complexity index is 914. The van der Waals surface area contributed by atoms with Crippen LogP contribution in [-0.2, 0) is 10.0 Å². The molecule has 0 atom stereocenters. The van der Waals surface area contributed by atoms with Crippen LogP contribution in [0.5, 0.6) is 0 Å².